The van der Waals surface area contributed by atoms with Crippen LogP contribution in [-0.2, 0) is 9.53 Å². The van der Waals surface area contributed by atoms with E-state index in [0.29, 0.717) is 0 Å². The lowest BCUT2D eigenvalue weighted by Gasteiger charge is -2.02. The van der Waals surface area contributed by atoms with Gasteiger partial charge in [-0.2, -0.15) is 0 Å². The number of phenolic OH excluding ortho intramolecular Hbond substituents is 1. The molecule has 0 saturated carbocycles. The van der Waals surface area contributed by atoms with Crippen LogP contribution < -0.4 is 0 Å². The summed E-state index contributed by atoms with van der Waals surface area (Å²) in [5, 5.41) is 9.11. The smallest absolute Gasteiger partial charge is 0.341 e. The normalized spacial score (nSPS) is 11.1. The van der Waals surface area contributed by atoms with Crippen molar-refractivity contribution < 1.29 is 19.4 Å². The average Bonchev–Trinajstić information content (AvgIpc) is 2.58. The van der Waals surface area contributed by atoms with Crippen molar-refractivity contribution in [3.8, 4) is 5.75 Å². The Morgan fingerprint density at radius 1 is 1.17 bits per heavy atom. The van der Waals surface area contributed by atoms with Crippen molar-refractivity contribution in [2.75, 3.05) is 7.11 Å². The fourth-order valence-corrected chi connectivity index (χ4v) is 2.07. The largest absolute Gasteiger partial charge is 0.507 e. The van der Waals surface area contributed by atoms with E-state index in [-0.39, 0.29) is 17.2 Å². The molecule has 1 atom stereocenters. The van der Waals surface area contributed by atoms with Crippen LogP contribution in [0, 0.1) is 5.92 Å². The zero-order valence-corrected chi connectivity index (χ0v) is 14.6. The van der Waals surface area contributed by atoms with Crippen LogP contribution in [0.2, 0.25) is 0 Å². The van der Waals surface area contributed by atoms with E-state index in [1.165, 1.54) is 57.8 Å². The van der Waals surface area contributed by atoms with Crippen LogP contribution in [0.1, 0.15) is 69.2 Å². The number of para-hydroxylation sites is 1. The van der Waals surface area contributed by atoms with Crippen LogP contribution in [0.15, 0.2) is 24.3 Å². The van der Waals surface area contributed by atoms with Gasteiger partial charge in [0, 0.05) is 5.92 Å². The Morgan fingerprint density at radius 2 is 1.78 bits per heavy atom. The van der Waals surface area contributed by atoms with Gasteiger partial charge in [0.25, 0.3) is 0 Å². The Balaban J connectivity index is 0.000000422. The van der Waals surface area contributed by atoms with Crippen molar-refractivity contribution >= 4 is 12.3 Å². The molecule has 0 heterocycles. The van der Waals surface area contributed by atoms with Gasteiger partial charge in [-0.25, -0.2) is 4.79 Å². The molecule has 0 aliphatic heterocycles. The maximum Gasteiger partial charge on any atom is 0.341 e. The fraction of sp³-hybridized carbons (Fsp3) is 0.579. The van der Waals surface area contributed by atoms with Crippen LogP contribution in [-0.4, -0.2) is 24.5 Å². The molecule has 0 amide bonds. The molecular weight excluding hydrogens is 292 g/mol. The van der Waals surface area contributed by atoms with Gasteiger partial charge >= 0.3 is 5.97 Å². The van der Waals surface area contributed by atoms with Gasteiger partial charge in [0.15, 0.2) is 0 Å². The van der Waals surface area contributed by atoms with Gasteiger partial charge in [0.1, 0.15) is 17.6 Å². The number of aldehydes is 1. The van der Waals surface area contributed by atoms with Gasteiger partial charge < -0.3 is 14.6 Å². The number of unbranched alkanes of at least 4 members (excludes halogenated alkanes) is 5. The zero-order valence-electron chi connectivity index (χ0n) is 14.6. The molecule has 0 saturated heterocycles. The minimum Gasteiger partial charge on any atom is -0.507 e. The Morgan fingerprint density at radius 3 is 2.35 bits per heavy atom. The number of ether oxygens (including phenoxy) is 1. The summed E-state index contributed by atoms with van der Waals surface area (Å²) in [6, 6.07) is 6.24. The molecule has 23 heavy (non-hydrogen) atoms. The molecule has 1 rings (SSSR count). The summed E-state index contributed by atoms with van der Waals surface area (Å²) in [5.41, 5.74) is 0.190. The number of carbonyl (C=O) groups excluding carboxylic acids is 2. The van der Waals surface area contributed by atoms with Crippen LogP contribution in [0.5, 0.6) is 5.75 Å². The highest BCUT2D eigenvalue weighted by Crippen LogP contribution is 2.15. The van der Waals surface area contributed by atoms with Crippen LogP contribution in [0.3, 0.4) is 0 Å². The summed E-state index contributed by atoms with van der Waals surface area (Å²) in [6.07, 6.45) is 10.1. The first-order valence-electron chi connectivity index (χ1n) is 8.38. The van der Waals surface area contributed by atoms with Gasteiger partial charge in [-0.05, 0) is 18.6 Å². The summed E-state index contributed by atoms with van der Waals surface area (Å²) < 4.78 is 4.42. The molecule has 0 bridgehead atoms. The van der Waals surface area contributed by atoms with Gasteiger partial charge in [0.05, 0.1) is 7.11 Å². The lowest BCUT2D eigenvalue weighted by molar-refractivity contribution is -0.110. The number of hydrogen-bond donors (Lipinski definition) is 1. The maximum absolute atomic E-state index is 10.9. The van der Waals surface area contributed by atoms with Crippen molar-refractivity contribution in [1.82, 2.24) is 0 Å². The van der Waals surface area contributed by atoms with E-state index in [1.54, 1.807) is 12.1 Å². The molecule has 130 valence electrons. The number of phenols is 1. The van der Waals surface area contributed by atoms with E-state index in [9.17, 15) is 9.59 Å². The molecule has 0 fully saturated rings. The van der Waals surface area contributed by atoms with Crippen LogP contribution >= 0.6 is 0 Å². The lowest BCUT2D eigenvalue weighted by Crippen LogP contribution is -2.00. The summed E-state index contributed by atoms with van der Waals surface area (Å²) in [5.74, 6) is -0.307. The molecular formula is C19H30O4. The van der Waals surface area contributed by atoms with Gasteiger partial charge in [-0.3, -0.25) is 0 Å². The number of hydrogen-bond acceptors (Lipinski definition) is 4. The summed E-state index contributed by atoms with van der Waals surface area (Å²) in [6.45, 7) is 4.23. The predicted octanol–water partition coefficient (Wildman–Crippen LogP) is 4.75. The number of methoxy groups -OCH3 is 1. The molecule has 0 spiro atoms. The summed E-state index contributed by atoms with van der Waals surface area (Å²) in [4.78, 5) is 21.1. The molecule has 1 aromatic rings. The Labute approximate surface area is 139 Å². The molecule has 4 heteroatoms. The van der Waals surface area contributed by atoms with Crippen molar-refractivity contribution in [1.29, 1.82) is 0 Å². The molecule has 0 radical (unpaired) electrons. The number of carbonyl (C=O) groups is 2. The second kappa shape index (κ2) is 13.8. The standard InChI is InChI=1S/C11H22O.C8H8O3/c1-3-4-5-6-7-8-9-11(2)10-12;1-11-8(10)6-4-2-3-5-7(6)9/h10-11H,3-9H2,1-2H3;2-5,9H,1H3. The van der Waals surface area contributed by atoms with Crippen molar-refractivity contribution in [2.45, 2.75) is 58.8 Å². The number of benzene rings is 1. The number of rotatable bonds is 9. The molecule has 1 aromatic carbocycles. The number of aromatic hydroxyl groups is 1. The van der Waals surface area contributed by atoms with E-state index in [1.807, 2.05) is 6.92 Å². The number of esters is 1. The second-order valence-corrected chi connectivity index (χ2v) is 5.68. The lowest BCUT2D eigenvalue weighted by atomic mass is 10.0. The third-order valence-electron chi connectivity index (χ3n) is 3.55. The van der Waals surface area contributed by atoms with Gasteiger partial charge in [-0.1, -0.05) is 64.5 Å². The summed E-state index contributed by atoms with van der Waals surface area (Å²) >= 11 is 0. The van der Waals surface area contributed by atoms with Crippen LogP contribution in [0.25, 0.3) is 0 Å². The highest BCUT2D eigenvalue weighted by atomic mass is 16.5. The second-order valence-electron chi connectivity index (χ2n) is 5.68. The highest BCUT2D eigenvalue weighted by Gasteiger charge is 2.08. The SMILES string of the molecule is CCCCCCCCC(C)C=O.COC(=O)c1ccccc1O. The highest BCUT2D eigenvalue weighted by molar-refractivity contribution is 5.92. The fourth-order valence-electron chi connectivity index (χ4n) is 2.07. The van der Waals surface area contributed by atoms with E-state index in [4.69, 9.17) is 5.11 Å². The maximum atomic E-state index is 10.9. The first kappa shape index (κ1) is 21.2. The summed E-state index contributed by atoms with van der Waals surface area (Å²) in [7, 11) is 1.27. The van der Waals surface area contributed by atoms with E-state index >= 15 is 0 Å². The molecule has 0 aromatic heterocycles. The van der Waals surface area contributed by atoms with Gasteiger partial charge in [0.2, 0.25) is 0 Å². The predicted molar refractivity (Wildman–Crippen MR) is 92.7 cm³/mol. The topological polar surface area (TPSA) is 63.6 Å². The molecule has 4 nitrogen and oxygen atoms in total. The Kier molecular flexibility index (Phi) is 12.7. The first-order chi connectivity index (χ1) is 11.1. The van der Waals surface area contributed by atoms with Gasteiger partial charge in [-0.15, -0.1) is 0 Å². The third-order valence-corrected chi connectivity index (χ3v) is 3.55. The molecule has 1 N–H and O–H groups in total. The minimum absolute atomic E-state index is 0.0562. The molecule has 0 aliphatic rings. The minimum atomic E-state index is -0.525. The molecule has 1 unspecified atom stereocenters. The Bertz CT molecular complexity index is 443. The monoisotopic (exact) mass is 322 g/mol. The first-order valence-corrected chi connectivity index (χ1v) is 8.38. The van der Waals surface area contributed by atoms with E-state index in [2.05, 4.69) is 11.7 Å². The molecule has 0 aliphatic carbocycles. The van der Waals surface area contributed by atoms with E-state index < -0.39 is 5.97 Å². The average molecular weight is 322 g/mol. The van der Waals surface area contributed by atoms with Crippen molar-refractivity contribution in [3.05, 3.63) is 29.8 Å². The Hall–Kier alpha value is -1.84. The zero-order chi connectivity index (χ0) is 17.5. The quantitative estimate of drug-likeness (QED) is 0.405. The van der Waals surface area contributed by atoms with Crippen molar-refractivity contribution in [3.63, 3.8) is 0 Å². The third kappa shape index (κ3) is 10.5. The van der Waals surface area contributed by atoms with Crippen LogP contribution in [0.4, 0.5) is 0 Å². The van der Waals surface area contributed by atoms with Crippen molar-refractivity contribution in [2.24, 2.45) is 5.92 Å². The van der Waals surface area contributed by atoms with E-state index in [0.717, 1.165) is 12.7 Å².